The van der Waals surface area contributed by atoms with Gasteiger partial charge in [0, 0.05) is 38.7 Å². The summed E-state index contributed by atoms with van der Waals surface area (Å²) in [5, 5.41) is 9.39. The Kier molecular flexibility index (Phi) is 9.31. The Labute approximate surface area is 176 Å². The Morgan fingerprint density at radius 1 is 1.23 bits per heavy atom. The summed E-state index contributed by atoms with van der Waals surface area (Å²) >= 11 is 0. The van der Waals surface area contributed by atoms with Crippen LogP contribution in [-0.4, -0.2) is 85.0 Å². The largest absolute Gasteiger partial charge is 0.461 e. The first-order valence-electron chi connectivity index (χ1n) is 9.95. The van der Waals surface area contributed by atoms with E-state index >= 15 is 0 Å². The van der Waals surface area contributed by atoms with E-state index in [9.17, 15) is 14.4 Å². The van der Waals surface area contributed by atoms with E-state index in [0.29, 0.717) is 19.8 Å². The van der Waals surface area contributed by atoms with Gasteiger partial charge in [-0.25, -0.2) is 4.79 Å². The van der Waals surface area contributed by atoms with Crippen LogP contribution in [0.4, 0.5) is 0 Å². The van der Waals surface area contributed by atoms with Crippen LogP contribution in [0.3, 0.4) is 0 Å². The first-order chi connectivity index (χ1) is 14.4. The van der Waals surface area contributed by atoms with E-state index in [1.165, 1.54) is 10.7 Å². The van der Waals surface area contributed by atoms with Gasteiger partial charge in [0.05, 0.1) is 32.9 Å². The van der Waals surface area contributed by atoms with Crippen LogP contribution in [0, 0.1) is 17.8 Å². The quantitative estimate of drug-likeness (QED) is 0.428. The maximum atomic E-state index is 12.1. The lowest BCUT2D eigenvalue weighted by Gasteiger charge is -2.28. The molecular formula is C20H29N5O5. The van der Waals surface area contributed by atoms with E-state index in [0.717, 1.165) is 13.1 Å². The minimum atomic E-state index is -0.537. The van der Waals surface area contributed by atoms with Gasteiger partial charge in [-0.15, -0.1) is 0 Å². The molecule has 2 heterocycles. The van der Waals surface area contributed by atoms with Crippen LogP contribution in [0.15, 0.2) is 6.07 Å². The topological polar surface area (TPSA) is 115 Å². The average molecular weight is 419 g/mol. The molecule has 0 bridgehead atoms. The van der Waals surface area contributed by atoms with E-state index in [-0.39, 0.29) is 42.9 Å². The van der Waals surface area contributed by atoms with Crippen LogP contribution >= 0.6 is 0 Å². The fourth-order valence-electron chi connectivity index (χ4n) is 2.87. The number of hydrogen-bond donors (Lipinski definition) is 2. The van der Waals surface area contributed by atoms with Crippen LogP contribution in [0.25, 0.3) is 0 Å². The molecule has 2 amide bonds. The molecule has 10 heteroatoms. The van der Waals surface area contributed by atoms with Gasteiger partial charge in [-0.05, 0) is 6.92 Å². The molecule has 2 N–H and O–H groups in total. The standard InChI is InChI=1S/C20H29N5O5/c1-4-30-20(28)17-13-16(23-24(17)3)19(27)22-8-6-5-7-21-18(26)15(2)14-25-9-11-29-12-10-25/h13,15H,4,7-12,14H2,1-3H3,(H,21,26)(H,22,27). The first kappa shape index (κ1) is 23.4. The molecule has 1 atom stereocenters. The van der Waals surface area contributed by atoms with Crippen molar-refractivity contribution in [1.82, 2.24) is 25.3 Å². The fraction of sp³-hybridized carbons (Fsp3) is 0.600. The van der Waals surface area contributed by atoms with Crippen molar-refractivity contribution in [2.75, 3.05) is 52.5 Å². The Bertz CT molecular complexity index is 804. The number of carbonyl (C=O) groups is 3. The second-order valence-electron chi connectivity index (χ2n) is 6.83. The van der Waals surface area contributed by atoms with Gasteiger partial charge in [-0.3, -0.25) is 19.2 Å². The van der Waals surface area contributed by atoms with Crippen LogP contribution in [0.5, 0.6) is 0 Å². The van der Waals surface area contributed by atoms with Crippen molar-refractivity contribution in [3.63, 3.8) is 0 Å². The van der Waals surface area contributed by atoms with Gasteiger partial charge >= 0.3 is 5.97 Å². The molecule has 0 aromatic carbocycles. The number of nitrogens with one attached hydrogen (secondary N) is 2. The lowest BCUT2D eigenvalue weighted by Crippen LogP contribution is -2.42. The third-order valence-electron chi connectivity index (χ3n) is 4.49. The van der Waals surface area contributed by atoms with Crippen molar-refractivity contribution in [1.29, 1.82) is 0 Å². The molecule has 30 heavy (non-hydrogen) atoms. The molecule has 1 aromatic rings. The molecule has 1 fully saturated rings. The molecule has 0 spiro atoms. The average Bonchev–Trinajstić information content (AvgIpc) is 3.13. The summed E-state index contributed by atoms with van der Waals surface area (Å²) in [5.41, 5.74) is 0.301. The molecule has 0 saturated carbocycles. The molecule has 10 nitrogen and oxygen atoms in total. The molecule has 164 valence electrons. The summed E-state index contributed by atoms with van der Waals surface area (Å²) in [6.07, 6.45) is 0. The van der Waals surface area contributed by atoms with Gasteiger partial charge in [-0.1, -0.05) is 18.8 Å². The number of amides is 2. The predicted molar refractivity (Wildman–Crippen MR) is 109 cm³/mol. The zero-order valence-electron chi connectivity index (χ0n) is 17.7. The Balaban J connectivity index is 1.69. The highest BCUT2D eigenvalue weighted by atomic mass is 16.5. The summed E-state index contributed by atoms with van der Waals surface area (Å²) < 4.78 is 11.5. The number of morpholine rings is 1. The summed E-state index contributed by atoms with van der Waals surface area (Å²) in [6.45, 7) is 7.91. The SMILES string of the molecule is CCOC(=O)c1cc(C(=O)NCC#CCNC(=O)C(C)CN2CCOCC2)nn1C. The summed E-state index contributed by atoms with van der Waals surface area (Å²) in [5.74, 6) is 4.40. The molecule has 2 rings (SSSR count). The van der Waals surface area contributed by atoms with Gasteiger partial charge in [0.1, 0.15) is 5.69 Å². The number of aryl methyl sites for hydroxylation is 1. The van der Waals surface area contributed by atoms with Crippen LogP contribution in [-0.2, 0) is 21.3 Å². The van der Waals surface area contributed by atoms with Gasteiger partial charge in [0.15, 0.2) is 5.69 Å². The van der Waals surface area contributed by atoms with Crippen LogP contribution < -0.4 is 10.6 Å². The monoisotopic (exact) mass is 419 g/mol. The first-order valence-corrected chi connectivity index (χ1v) is 9.95. The van der Waals surface area contributed by atoms with Crippen LogP contribution in [0.2, 0.25) is 0 Å². The van der Waals surface area contributed by atoms with Crippen molar-refractivity contribution in [2.24, 2.45) is 13.0 Å². The molecule has 1 aliphatic heterocycles. The highest BCUT2D eigenvalue weighted by Gasteiger charge is 2.19. The number of hydrogen-bond acceptors (Lipinski definition) is 7. The molecule has 0 radical (unpaired) electrons. The number of ether oxygens (including phenoxy) is 2. The van der Waals surface area contributed by atoms with Crippen LogP contribution in [0.1, 0.15) is 34.8 Å². The molecule has 1 saturated heterocycles. The number of rotatable bonds is 8. The lowest BCUT2D eigenvalue weighted by molar-refractivity contribution is -0.125. The zero-order valence-corrected chi connectivity index (χ0v) is 17.7. The van der Waals surface area contributed by atoms with Crippen molar-refractivity contribution in [3.05, 3.63) is 17.5 Å². The van der Waals surface area contributed by atoms with E-state index in [2.05, 4.69) is 32.5 Å². The van der Waals surface area contributed by atoms with E-state index in [1.54, 1.807) is 14.0 Å². The van der Waals surface area contributed by atoms with Gasteiger partial charge in [0.25, 0.3) is 5.91 Å². The maximum Gasteiger partial charge on any atom is 0.356 e. The predicted octanol–water partition coefficient (Wildman–Crippen LogP) is -0.585. The van der Waals surface area contributed by atoms with Crippen molar-refractivity contribution in [2.45, 2.75) is 13.8 Å². The minimum absolute atomic E-state index is 0.0557. The number of carbonyl (C=O) groups excluding carboxylic acids is 3. The molecule has 1 unspecified atom stereocenters. The Morgan fingerprint density at radius 3 is 2.57 bits per heavy atom. The summed E-state index contributed by atoms with van der Waals surface area (Å²) in [4.78, 5) is 38.2. The molecular weight excluding hydrogens is 390 g/mol. The third-order valence-corrected chi connectivity index (χ3v) is 4.49. The zero-order chi connectivity index (χ0) is 21.9. The van der Waals surface area contributed by atoms with E-state index in [4.69, 9.17) is 9.47 Å². The van der Waals surface area contributed by atoms with Gasteiger partial charge < -0.3 is 20.1 Å². The lowest BCUT2D eigenvalue weighted by atomic mass is 10.1. The second kappa shape index (κ2) is 11.9. The number of nitrogens with zero attached hydrogens (tertiary/aromatic N) is 3. The number of esters is 1. The van der Waals surface area contributed by atoms with Crippen molar-refractivity contribution < 1.29 is 23.9 Å². The Morgan fingerprint density at radius 2 is 1.90 bits per heavy atom. The number of aromatic nitrogens is 2. The van der Waals surface area contributed by atoms with Crippen molar-refractivity contribution >= 4 is 17.8 Å². The Hall–Kier alpha value is -2.90. The van der Waals surface area contributed by atoms with E-state index < -0.39 is 11.9 Å². The smallest absolute Gasteiger partial charge is 0.356 e. The third kappa shape index (κ3) is 7.17. The highest BCUT2D eigenvalue weighted by Crippen LogP contribution is 2.05. The molecule has 1 aromatic heterocycles. The summed E-state index contributed by atoms with van der Waals surface area (Å²) in [7, 11) is 1.56. The normalized spacial score (nSPS) is 14.9. The maximum absolute atomic E-state index is 12.1. The van der Waals surface area contributed by atoms with Gasteiger partial charge in [0.2, 0.25) is 5.91 Å². The van der Waals surface area contributed by atoms with E-state index in [1.807, 2.05) is 6.92 Å². The fourth-order valence-corrected chi connectivity index (χ4v) is 2.87. The van der Waals surface area contributed by atoms with Gasteiger partial charge in [-0.2, -0.15) is 5.10 Å². The minimum Gasteiger partial charge on any atom is -0.461 e. The molecule has 1 aliphatic rings. The molecule has 0 aliphatic carbocycles. The second-order valence-corrected chi connectivity index (χ2v) is 6.83. The highest BCUT2D eigenvalue weighted by molar-refractivity contribution is 5.96. The summed E-state index contributed by atoms with van der Waals surface area (Å²) in [6, 6.07) is 1.37. The van der Waals surface area contributed by atoms with Crippen molar-refractivity contribution in [3.8, 4) is 11.8 Å².